The van der Waals surface area contributed by atoms with Gasteiger partial charge in [-0.2, -0.15) is 0 Å². The van der Waals surface area contributed by atoms with Gasteiger partial charge < -0.3 is 10.2 Å². The second kappa shape index (κ2) is 5.32. The average Bonchev–Trinajstić information content (AvgIpc) is 2.64. The van der Waals surface area contributed by atoms with Crippen molar-refractivity contribution in [3.05, 3.63) is 11.9 Å². The van der Waals surface area contributed by atoms with E-state index < -0.39 is 5.60 Å². The van der Waals surface area contributed by atoms with E-state index in [1.807, 2.05) is 0 Å². The highest BCUT2D eigenvalue weighted by Gasteiger charge is 2.64. The number of fused-ring (bicyclic) bond motifs is 5. The van der Waals surface area contributed by atoms with Gasteiger partial charge in [0.05, 0.1) is 11.7 Å². The van der Waals surface area contributed by atoms with Crippen LogP contribution in [0.2, 0.25) is 0 Å². The molecule has 2 N–H and O–H groups in total. The molecule has 140 valence electrons. The highest BCUT2D eigenvalue weighted by Crippen LogP contribution is 2.72. The molecule has 7 rings (SSSR count). The zero-order valence-electron chi connectivity index (χ0n) is 15.4. The van der Waals surface area contributed by atoms with Crippen LogP contribution in [0.15, 0.2) is 11.9 Å². The van der Waals surface area contributed by atoms with Gasteiger partial charge in [0.15, 0.2) is 0 Å². The molecule has 25 heavy (non-hydrogen) atoms. The number of allylic oxidation sites excluding steroid dienone is 1. The monoisotopic (exact) mass is 348 g/mol. The van der Waals surface area contributed by atoms with Crippen LogP contribution in [-0.4, -0.2) is 21.9 Å². The zero-order valence-corrected chi connectivity index (χ0v) is 15.4. The van der Waals surface area contributed by atoms with Crippen molar-refractivity contribution in [2.24, 2.45) is 22.2 Å². The summed E-state index contributed by atoms with van der Waals surface area (Å²) in [5.41, 5.74) is -0.459. The van der Waals surface area contributed by atoms with Gasteiger partial charge in [0.25, 0.3) is 0 Å². The lowest BCUT2D eigenvalue weighted by atomic mass is 9.39. The quantitative estimate of drug-likeness (QED) is 0.734. The Kier molecular flexibility index (Phi) is 3.56. The van der Waals surface area contributed by atoms with Crippen LogP contribution in [0.4, 0.5) is 4.39 Å². The molecular weight excluding hydrogens is 315 g/mol. The van der Waals surface area contributed by atoms with Crippen molar-refractivity contribution in [3.63, 3.8) is 0 Å². The summed E-state index contributed by atoms with van der Waals surface area (Å²) in [7, 11) is 0. The molecule has 0 aromatic carbocycles. The molecule has 0 radical (unpaired) electrons. The molecule has 0 atom stereocenters. The van der Waals surface area contributed by atoms with Crippen molar-refractivity contribution < 1.29 is 14.6 Å². The van der Waals surface area contributed by atoms with Gasteiger partial charge in [-0.25, -0.2) is 4.39 Å². The molecule has 3 heteroatoms. The van der Waals surface area contributed by atoms with Crippen LogP contribution >= 0.6 is 0 Å². The number of halogens is 1. The predicted molar refractivity (Wildman–Crippen MR) is 95.6 cm³/mol. The largest absolute Gasteiger partial charge is 0.393 e. The Morgan fingerprint density at radius 1 is 0.800 bits per heavy atom. The first kappa shape index (κ1) is 16.7. The van der Waals surface area contributed by atoms with E-state index in [1.54, 1.807) is 6.08 Å². The molecule has 0 aromatic heterocycles. The van der Waals surface area contributed by atoms with Crippen LogP contribution in [0, 0.1) is 22.2 Å². The first-order valence-electron chi connectivity index (χ1n) is 10.7. The average molecular weight is 349 g/mol. The van der Waals surface area contributed by atoms with Crippen LogP contribution in [0.5, 0.6) is 0 Å². The van der Waals surface area contributed by atoms with Crippen molar-refractivity contribution in [2.45, 2.75) is 102 Å². The van der Waals surface area contributed by atoms with Crippen molar-refractivity contribution >= 4 is 0 Å². The molecule has 5 fully saturated rings. The van der Waals surface area contributed by atoms with Crippen molar-refractivity contribution in [2.75, 3.05) is 0 Å². The van der Waals surface area contributed by atoms with E-state index >= 15 is 4.39 Å². The Morgan fingerprint density at radius 2 is 1.36 bits per heavy atom. The lowest BCUT2D eigenvalue weighted by molar-refractivity contribution is -0.153. The van der Waals surface area contributed by atoms with Gasteiger partial charge in [0, 0.05) is 5.41 Å². The molecule has 0 aromatic rings. The van der Waals surface area contributed by atoms with E-state index in [4.69, 9.17) is 0 Å². The molecule has 2 nitrogen and oxygen atoms in total. The van der Waals surface area contributed by atoms with E-state index in [1.165, 1.54) is 51.4 Å². The minimum absolute atomic E-state index is 0.0303. The molecule has 5 saturated carbocycles. The van der Waals surface area contributed by atoms with Crippen molar-refractivity contribution in [1.29, 1.82) is 0 Å². The second-order valence-corrected chi connectivity index (χ2v) is 10.3. The highest BCUT2D eigenvalue weighted by molar-refractivity contribution is 5.29. The maximum absolute atomic E-state index is 15.2. The third kappa shape index (κ3) is 2.21. The van der Waals surface area contributed by atoms with Crippen LogP contribution in [0.1, 0.15) is 89.9 Å². The van der Waals surface area contributed by atoms with E-state index in [9.17, 15) is 10.2 Å². The lowest BCUT2D eigenvalue weighted by Crippen LogP contribution is -2.58. The topological polar surface area (TPSA) is 40.5 Å². The Bertz CT molecular complexity index is 554. The van der Waals surface area contributed by atoms with Crippen LogP contribution < -0.4 is 0 Å². The number of rotatable bonds is 2. The molecule has 0 saturated heterocycles. The van der Waals surface area contributed by atoms with Crippen LogP contribution in [0.3, 0.4) is 0 Å². The normalized spacial score (nSPS) is 55.2. The minimum atomic E-state index is -0.849. The van der Waals surface area contributed by atoms with Gasteiger partial charge in [-0.3, -0.25) is 0 Å². The Morgan fingerprint density at radius 3 is 1.88 bits per heavy atom. The zero-order chi connectivity index (χ0) is 17.3. The Balaban J connectivity index is 1.38. The molecular formula is C22H33FO2. The molecule has 0 unspecified atom stereocenters. The number of aliphatic hydroxyl groups is 2. The SMILES string of the molecule is OC1CCC(C23CCC(C45CCC(O)(C=C4F)CC5)(CC2)CC3)CC1. The van der Waals surface area contributed by atoms with Gasteiger partial charge in [-0.1, -0.05) is 0 Å². The smallest absolute Gasteiger partial charge is 0.105 e. The molecule has 0 spiro atoms. The third-order valence-electron chi connectivity index (χ3n) is 9.70. The van der Waals surface area contributed by atoms with Crippen LogP contribution in [-0.2, 0) is 0 Å². The first-order chi connectivity index (χ1) is 11.9. The van der Waals surface area contributed by atoms with Crippen molar-refractivity contribution in [3.8, 4) is 0 Å². The summed E-state index contributed by atoms with van der Waals surface area (Å²) in [6.45, 7) is 0. The summed E-state index contributed by atoms with van der Waals surface area (Å²) in [4.78, 5) is 0. The minimum Gasteiger partial charge on any atom is -0.393 e. The van der Waals surface area contributed by atoms with Gasteiger partial charge in [-0.05, 0) is 113 Å². The summed E-state index contributed by atoms with van der Waals surface area (Å²) in [6, 6.07) is 0. The van der Waals surface area contributed by atoms with Gasteiger partial charge in [0.2, 0.25) is 0 Å². The van der Waals surface area contributed by atoms with Crippen molar-refractivity contribution in [1.82, 2.24) is 0 Å². The van der Waals surface area contributed by atoms with Gasteiger partial charge in [-0.15, -0.1) is 0 Å². The standard InChI is InChI=1S/C22H33FO2/c23-18-15-21(25)11-13-22(18,14-12-21)20-8-5-19(6-9-20,7-10-20)16-1-3-17(24)4-2-16/h15-17,24-25H,1-14H2. The fourth-order valence-corrected chi connectivity index (χ4v) is 7.88. The molecule has 0 aliphatic heterocycles. The summed E-state index contributed by atoms with van der Waals surface area (Å²) < 4.78 is 15.2. The molecule has 7 aliphatic carbocycles. The maximum atomic E-state index is 15.2. The fourth-order valence-electron chi connectivity index (χ4n) is 7.88. The molecule has 0 heterocycles. The maximum Gasteiger partial charge on any atom is 0.105 e. The summed E-state index contributed by atoms with van der Waals surface area (Å²) >= 11 is 0. The summed E-state index contributed by atoms with van der Waals surface area (Å²) in [5.74, 6) is 0.817. The molecule has 7 aliphatic rings. The summed E-state index contributed by atoms with van der Waals surface area (Å²) in [5, 5.41) is 20.3. The van der Waals surface area contributed by atoms with E-state index in [2.05, 4.69) is 0 Å². The molecule has 4 bridgehead atoms. The lowest BCUT2D eigenvalue weighted by Gasteiger charge is -2.66. The summed E-state index contributed by atoms with van der Waals surface area (Å²) in [6.07, 6.45) is 16.5. The second-order valence-electron chi connectivity index (χ2n) is 10.3. The van der Waals surface area contributed by atoms with E-state index in [-0.39, 0.29) is 22.8 Å². The fraction of sp³-hybridized carbons (Fsp3) is 0.909. The Hall–Kier alpha value is -0.410. The van der Waals surface area contributed by atoms with E-state index in [0.717, 1.165) is 44.4 Å². The number of aliphatic hydroxyl groups excluding tert-OH is 1. The van der Waals surface area contributed by atoms with E-state index in [0.29, 0.717) is 5.41 Å². The number of hydrogen-bond donors (Lipinski definition) is 2. The van der Waals surface area contributed by atoms with Crippen LogP contribution in [0.25, 0.3) is 0 Å². The molecule has 0 amide bonds. The first-order valence-corrected chi connectivity index (χ1v) is 10.7. The van der Waals surface area contributed by atoms with Gasteiger partial charge in [0.1, 0.15) is 5.83 Å². The van der Waals surface area contributed by atoms with Gasteiger partial charge >= 0.3 is 0 Å². The number of hydrogen-bond acceptors (Lipinski definition) is 2. The highest BCUT2D eigenvalue weighted by atomic mass is 19.1. The predicted octanol–water partition coefficient (Wildman–Crippen LogP) is 5.04. The third-order valence-corrected chi connectivity index (χ3v) is 9.70. The Labute approximate surface area is 150 Å².